The summed E-state index contributed by atoms with van der Waals surface area (Å²) in [6.07, 6.45) is 0.452. The minimum atomic E-state index is -1.30. The van der Waals surface area contributed by atoms with Crippen LogP contribution >= 0.6 is 11.6 Å². The summed E-state index contributed by atoms with van der Waals surface area (Å²) in [5, 5.41) is 13.8. The predicted molar refractivity (Wildman–Crippen MR) is 118 cm³/mol. The van der Waals surface area contributed by atoms with E-state index in [-0.39, 0.29) is 11.8 Å². The normalized spacial score (nSPS) is 16.9. The van der Waals surface area contributed by atoms with Gasteiger partial charge in [0, 0.05) is 18.1 Å². The van der Waals surface area contributed by atoms with Gasteiger partial charge < -0.3 is 15.3 Å². The number of carbonyl (C=O) groups excluding carboxylic acids is 2. The maximum Gasteiger partial charge on any atom is 0.254 e. The summed E-state index contributed by atoms with van der Waals surface area (Å²) in [4.78, 5) is 27.5. The topological polar surface area (TPSA) is 69.6 Å². The van der Waals surface area contributed by atoms with E-state index in [2.05, 4.69) is 5.32 Å². The number of piperidine rings is 1. The molecule has 2 atom stereocenters. The van der Waals surface area contributed by atoms with Crippen molar-refractivity contribution in [2.75, 3.05) is 13.1 Å². The second-order valence-corrected chi connectivity index (χ2v) is 8.63. The van der Waals surface area contributed by atoms with Crippen molar-refractivity contribution in [1.82, 2.24) is 10.2 Å². The van der Waals surface area contributed by atoms with Crippen LogP contribution in [0.25, 0.3) is 0 Å². The number of nitrogens with one attached hydrogen (secondary N) is 1. The molecule has 0 aromatic heterocycles. The van der Waals surface area contributed by atoms with Gasteiger partial charge in [0.25, 0.3) is 5.91 Å². The van der Waals surface area contributed by atoms with Crippen molar-refractivity contribution in [2.24, 2.45) is 5.92 Å². The zero-order valence-corrected chi connectivity index (χ0v) is 18.2. The van der Waals surface area contributed by atoms with Gasteiger partial charge in [-0.2, -0.15) is 0 Å². The highest BCUT2D eigenvalue weighted by atomic mass is 35.5. The first-order valence-corrected chi connectivity index (χ1v) is 10.8. The van der Waals surface area contributed by atoms with E-state index in [0.717, 1.165) is 17.9 Å². The number of hydrogen-bond acceptors (Lipinski definition) is 3. The standard InChI is InChI=1S/C24H29ClN2O3/c1-16(2)21(26-23(29)22(28)19-6-4-3-5-7-19)24(30)27-14-12-18(13-15-27)17-8-10-20(25)11-9-17/h3-11,16,18,21-22,28H,12-15H2,1-2H3,(H,26,29)/t21-,22+/m1/s1. The summed E-state index contributed by atoms with van der Waals surface area (Å²) in [6.45, 7) is 5.09. The first-order valence-electron chi connectivity index (χ1n) is 10.4. The maximum absolute atomic E-state index is 13.1. The Morgan fingerprint density at radius 3 is 2.20 bits per heavy atom. The zero-order valence-electron chi connectivity index (χ0n) is 17.4. The van der Waals surface area contributed by atoms with E-state index in [0.29, 0.717) is 24.6 Å². The fourth-order valence-electron chi connectivity index (χ4n) is 3.90. The summed E-state index contributed by atoms with van der Waals surface area (Å²) in [5.74, 6) is -0.325. The van der Waals surface area contributed by atoms with E-state index < -0.39 is 18.1 Å². The van der Waals surface area contributed by atoms with Gasteiger partial charge in [-0.1, -0.05) is 67.9 Å². The van der Waals surface area contributed by atoms with Crippen LogP contribution in [0.5, 0.6) is 0 Å². The van der Waals surface area contributed by atoms with Gasteiger partial charge in [-0.3, -0.25) is 9.59 Å². The van der Waals surface area contributed by atoms with Crippen molar-refractivity contribution in [3.63, 3.8) is 0 Å². The lowest BCUT2D eigenvalue weighted by molar-refractivity contribution is -0.141. The highest BCUT2D eigenvalue weighted by molar-refractivity contribution is 6.30. The van der Waals surface area contributed by atoms with Crippen molar-refractivity contribution >= 4 is 23.4 Å². The number of nitrogens with zero attached hydrogens (tertiary/aromatic N) is 1. The number of amides is 2. The quantitative estimate of drug-likeness (QED) is 0.732. The van der Waals surface area contributed by atoms with Crippen molar-refractivity contribution < 1.29 is 14.7 Å². The smallest absolute Gasteiger partial charge is 0.254 e. The largest absolute Gasteiger partial charge is 0.378 e. The van der Waals surface area contributed by atoms with Crippen LogP contribution in [-0.4, -0.2) is 41.0 Å². The van der Waals surface area contributed by atoms with Gasteiger partial charge in [-0.05, 0) is 47.9 Å². The van der Waals surface area contributed by atoms with Crippen LogP contribution in [0.4, 0.5) is 0 Å². The van der Waals surface area contributed by atoms with Crippen molar-refractivity contribution in [3.8, 4) is 0 Å². The van der Waals surface area contributed by atoms with Gasteiger partial charge in [0.2, 0.25) is 5.91 Å². The van der Waals surface area contributed by atoms with Gasteiger partial charge in [0.15, 0.2) is 6.10 Å². The van der Waals surface area contributed by atoms with Crippen LogP contribution in [-0.2, 0) is 9.59 Å². The second kappa shape index (κ2) is 10.1. The SMILES string of the molecule is CC(C)[C@@H](NC(=O)[C@@H](O)c1ccccc1)C(=O)N1CCC(c2ccc(Cl)cc2)CC1. The molecular weight excluding hydrogens is 400 g/mol. The number of carbonyl (C=O) groups is 2. The fraction of sp³-hybridized carbons (Fsp3) is 0.417. The van der Waals surface area contributed by atoms with Crippen LogP contribution in [0.1, 0.15) is 49.8 Å². The third-order valence-electron chi connectivity index (χ3n) is 5.74. The molecule has 2 aromatic rings. The molecule has 2 N–H and O–H groups in total. The van der Waals surface area contributed by atoms with E-state index in [4.69, 9.17) is 11.6 Å². The second-order valence-electron chi connectivity index (χ2n) is 8.19. The number of halogens is 1. The first-order chi connectivity index (χ1) is 14.4. The summed E-state index contributed by atoms with van der Waals surface area (Å²) in [7, 11) is 0. The predicted octanol–water partition coefficient (Wildman–Crippen LogP) is 3.92. The Balaban J connectivity index is 1.60. The van der Waals surface area contributed by atoms with E-state index in [1.807, 2.05) is 49.1 Å². The molecule has 30 heavy (non-hydrogen) atoms. The molecule has 0 bridgehead atoms. The Kier molecular flexibility index (Phi) is 7.51. The van der Waals surface area contributed by atoms with Gasteiger partial charge in [-0.25, -0.2) is 0 Å². The summed E-state index contributed by atoms with van der Waals surface area (Å²) >= 11 is 5.98. The molecule has 1 fully saturated rings. The average molecular weight is 429 g/mol. The minimum absolute atomic E-state index is 0.0848. The summed E-state index contributed by atoms with van der Waals surface area (Å²) < 4.78 is 0. The molecule has 2 amide bonds. The molecule has 1 heterocycles. The molecule has 0 radical (unpaired) electrons. The van der Waals surface area contributed by atoms with Gasteiger partial charge in [0.1, 0.15) is 6.04 Å². The van der Waals surface area contributed by atoms with E-state index in [9.17, 15) is 14.7 Å². The highest BCUT2D eigenvalue weighted by Crippen LogP contribution is 2.29. The van der Waals surface area contributed by atoms with Gasteiger partial charge >= 0.3 is 0 Å². The van der Waals surface area contributed by atoms with Crippen LogP contribution in [0.3, 0.4) is 0 Å². The van der Waals surface area contributed by atoms with E-state index in [1.54, 1.807) is 24.3 Å². The lowest BCUT2D eigenvalue weighted by Crippen LogP contribution is -2.53. The minimum Gasteiger partial charge on any atom is -0.378 e. The fourth-order valence-corrected chi connectivity index (χ4v) is 4.02. The summed E-state index contributed by atoms with van der Waals surface area (Å²) in [6, 6.07) is 16.0. The van der Waals surface area contributed by atoms with Crippen molar-refractivity contribution in [2.45, 2.75) is 44.8 Å². The molecule has 0 unspecified atom stereocenters. The Morgan fingerprint density at radius 1 is 1.03 bits per heavy atom. The van der Waals surface area contributed by atoms with Gasteiger partial charge in [-0.15, -0.1) is 0 Å². The molecule has 1 saturated heterocycles. The third-order valence-corrected chi connectivity index (χ3v) is 5.99. The Morgan fingerprint density at radius 2 is 1.63 bits per heavy atom. The molecule has 1 aliphatic rings. The van der Waals surface area contributed by atoms with E-state index in [1.165, 1.54) is 5.56 Å². The first kappa shape index (κ1) is 22.3. The molecule has 0 saturated carbocycles. The molecule has 0 aliphatic carbocycles. The number of likely N-dealkylation sites (tertiary alicyclic amines) is 1. The summed E-state index contributed by atoms with van der Waals surface area (Å²) in [5.41, 5.74) is 1.75. The lowest BCUT2D eigenvalue weighted by Gasteiger charge is -2.35. The Bertz CT molecular complexity index is 847. The highest BCUT2D eigenvalue weighted by Gasteiger charge is 2.33. The van der Waals surface area contributed by atoms with Gasteiger partial charge in [0.05, 0.1) is 0 Å². The Hall–Kier alpha value is -2.37. The molecule has 1 aliphatic heterocycles. The molecule has 160 valence electrons. The van der Waals surface area contributed by atoms with Crippen LogP contribution < -0.4 is 5.32 Å². The van der Waals surface area contributed by atoms with Crippen LogP contribution in [0, 0.1) is 5.92 Å². The Labute approximate surface area is 183 Å². The van der Waals surface area contributed by atoms with Crippen molar-refractivity contribution in [3.05, 3.63) is 70.7 Å². The molecule has 5 nitrogen and oxygen atoms in total. The molecule has 3 rings (SSSR count). The lowest BCUT2D eigenvalue weighted by atomic mass is 9.89. The molecule has 6 heteroatoms. The molecule has 0 spiro atoms. The number of hydrogen-bond donors (Lipinski definition) is 2. The van der Waals surface area contributed by atoms with E-state index >= 15 is 0 Å². The van der Waals surface area contributed by atoms with Crippen LogP contribution in [0.15, 0.2) is 54.6 Å². The van der Waals surface area contributed by atoms with Crippen LogP contribution in [0.2, 0.25) is 5.02 Å². The number of aliphatic hydroxyl groups is 1. The third kappa shape index (κ3) is 5.41. The number of rotatable bonds is 6. The maximum atomic E-state index is 13.1. The number of benzene rings is 2. The number of aliphatic hydroxyl groups excluding tert-OH is 1. The average Bonchev–Trinajstić information content (AvgIpc) is 2.77. The monoisotopic (exact) mass is 428 g/mol. The molecule has 2 aromatic carbocycles. The zero-order chi connectivity index (χ0) is 21.7. The molecular formula is C24H29ClN2O3. The van der Waals surface area contributed by atoms with Crippen molar-refractivity contribution in [1.29, 1.82) is 0 Å².